The number of rotatable bonds is 5. The van der Waals surface area contributed by atoms with Crippen LogP contribution in [0.1, 0.15) is 50.8 Å². The zero-order valence-electron chi connectivity index (χ0n) is 16.3. The van der Waals surface area contributed by atoms with Crippen molar-refractivity contribution in [1.82, 2.24) is 25.5 Å². The van der Waals surface area contributed by atoms with Crippen molar-refractivity contribution < 1.29 is 14.3 Å². The topological polar surface area (TPSA) is 91.2 Å². The van der Waals surface area contributed by atoms with Crippen LogP contribution in [-0.4, -0.2) is 40.3 Å². The molecule has 0 spiro atoms. The molecule has 2 aromatic heterocycles. The molecule has 2 aliphatic rings. The van der Waals surface area contributed by atoms with Crippen molar-refractivity contribution >= 4 is 17.2 Å². The monoisotopic (exact) mass is 411 g/mol. The Hall–Kier alpha value is -2.94. The smallest absolute Gasteiger partial charge is 0.255 e. The van der Waals surface area contributed by atoms with Crippen LogP contribution in [0.3, 0.4) is 0 Å². The average molecular weight is 411 g/mol. The number of fused-ring (bicyclic) bond motifs is 2. The first-order valence-electron chi connectivity index (χ1n) is 9.63. The Labute approximate surface area is 171 Å². The number of amides is 1. The third kappa shape index (κ3) is 2.96. The van der Waals surface area contributed by atoms with Crippen molar-refractivity contribution in [3.05, 3.63) is 45.6 Å². The summed E-state index contributed by atoms with van der Waals surface area (Å²) in [6.45, 7) is 0. The Morgan fingerprint density at radius 2 is 2.03 bits per heavy atom. The van der Waals surface area contributed by atoms with Gasteiger partial charge in [0.1, 0.15) is 11.3 Å². The van der Waals surface area contributed by atoms with Crippen LogP contribution in [0.4, 0.5) is 0 Å². The molecule has 1 aromatic carbocycles. The summed E-state index contributed by atoms with van der Waals surface area (Å²) < 4.78 is 12.5. The molecule has 3 aromatic rings. The molecule has 2 heterocycles. The van der Waals surface area contributed by atoms with E-state index < -0.39 is 0 Å². The van der Waals surface area contributed by atoms with E-state index in [2.05, 4.69) is 20.8 Å². The molecule has 1 unspecified atom stereocenters. The van der Waals surface area contributed by atoms with Crippen LogP contribution in [0, 0.1) is 0 Å². The van der Waals surface area contributed by atoms with E-state index >= 15 is 0 Å². The maximum absolute atomic E-state index is 13.4. The van der Waals surface area contributed by atoms with Crippen molar-refractivity contribution in [1.29, 1.82) is 0 Å². The molecule has 8 nitrogen and oxygen atoms in total. The van der Waals surface area contributed by atoms with E-state index in [4.69, 9.17) is 9.47 Å². The summed E-state index contributed by atoms with van der Waals surface area (Å²) in [4.78, 5) is 14.6. The van der Waals surface area contributed by atoms with E-state index in [1.54, 1.807) is 36.6 Å². The number of ether oxygens (including phenoxy) is 2. The highest BCUT2D eigenvalue weighted by Gasteiger charge is 2.31. The Balaban J connectivity index is 1.48. The number of hydrogen-bond acceptors (Lipinski definition) is 7. The fraction of sp³-hybridized carbons (Fsp3) is 0.400. The number of hydrogen-bond donors (Lipinski definition) is 1. The summed E-state index contributed by atoms with van der Waals surface area (Å²) in [6, 6.07) is 3.93. The van der Waals surface area contributed by atoms with Crippen molar-refractivity contribution in [2.24, 2.45) is 0 Å². The lowest BCUT2D eigenvalue weighted by atomic mass is 10.1. The van der Waals surface area contributed by atoms with Crippen LogP contribution in [0.15, 0.2) is 18.5 Å². The molecule has 0 saturated heterocycles. The molecule has 5 rings (SSSR count). The van der Waals surface area contributed by atoms with Gasteiger partial charge in [0.15, 0.2) is 11.5 Å². The fourth-order valence-corrected chi connectivity index (χ4v) is 5.66. The van der Waals surface area contributed by atoms with Gasteiger partial charge in [-0.1, -0.05) is 0 Å². The van der Waals surface area contributed by atoms with E-state index in [-0.39, 0.29) is 11.9 Å². The molecular weight excluding hydrogens is 390 g/mol. The second kappa shape index (κ2) is 7.14. The van der Waals surface area contributed by atoms with E-state index in [0.29, 0.717) is 11.3 Å². The summed E-state index contributed by atoms with van der Waals surface area (Å²) in [5, 5.41) is 15.5. The van der Waals surface area contributed by atoms with Crippen molar-refractivity contribution in [3.8, 4) is 16.5 Å². The minimum Gasteiger partial charge on any atom is -0.493 e. The second-order valence-corrected chi connectivity index (χ2v) is 8.35. The van der Waals surface area contributed by atoms with Gasteiger partial charge in [-0.15, -0.1) is 16.4 Å². The molecule has 0 radical (unpaired) electrons. The summed E-state index contributed by atoms with van der Waals surface area (Å²) in [5.74, 6) is 1.33. The summed E-state index contributed by atoms with van der Waals surface area (Å²) >= 11 is 1.61. The summed E-state index contributed by atoms with van der Waals surface area (Å²) in [7, 11) is 3.26. The van der Waals surface area contributed by atoms with Gasteiger partial charge < -0.3 is 14.8 Å². The first-order chi connectivity index (χ1) is 14.2. The zero-order chi connectivity index (χ0) is 20.0. The number of carbonyl (C=O) groups excluding carboxylic acids is 1. The van der Waals surface area contributed by atoms with Crippen LogP contribution < -0.4 is 14.8 Å². The largest absolute Gasteiger partial charge is 0.493 e. The number of thiophene rings is 1. The number of nitrogens with zero attached hydrogens (tertiary/aromatic N) is 4. The predicted octanol–water partition coefficient (Wildman–Crippen LogP) is 2.65. The minimum absolute atomic E-state index is 0.0593. The molecule has 0 aliphatic heterocycles. The van der Waals surface area contributed by atoms with Crippen molar-refractivity contribution in [2.45, 2.75) is 38.1 Å². The molecule has 0 fully saturated rings. The van der Waals surface area contributed by atoms with E-state index in [0.717, 1.165) is 54.0 Å². The molecular formula is C20H21N5O3S. The van der Waals surface area contributed by atoms with Gasteiger partial charge in [0.2, 0.25) is 0 Å². The van der Waals surface area contributed by atoms with Crippen LogP contribution in [-0.2, 0) is 19.3 Å². The Bertz CT molecular complexity index is 1080. The van der Waals surface area contributed by atoms with Crippen LogP contribution >= 0.6 is 11.3 Å². The lowest BCUT2D eigenvalue weighted by Crippen LogP contribution is -2.28. The van der Waals surface area contributed by atoms with Gasteiger partial charge in [-0.3, -0.25) is 4.79 Å². The molecule has 0 saturated carbocycles. The summed E-state index contributed by atoms with van der Waals surface area (Å²) in [6.07, 6.45) is 6.29. The number of tetrazole rings is 1. The number of carbonyl (C=O) groups is 1. The third-order valence-corrected chi connectivity index (χ3v) is 7.00. The number of nitrogens with one attached hydrogen (secondary N) is 1. The van der Waals surface area contributed by atoms with Crippen LogP contribution in [0.2, 0.25) is 0 Å². The van der Waals surface area contributed by atoms with Crippen LogP contribution in [0.5, 0.6) is 11.5 Å². The first-order valence-corrected chi connectivity index (χ1v) is 10.4. The first kappa shape index (κ1) is 18.1. The molecule has 1 N–H and O–H groups in total. The van der Waals surface area contributed by atoms with Crippen molar-refractivity contribution in [3.63, 3.8) is 0 Å². The van der Waals surface area contributed by atoms with Gasteiger partial charge in [0.25, 0.3) is 5.91 Å². The normalized spacial score (nSPS) is 17.1. The van der Waals surface area contributed by atoms with E-state index in [9.17, 15) is 4.79 Å². The maximum atomic E-state index is 13.4. The summed E-state index contributed by atoms with van der Waals surface area (Å²) in [5.41, 5.74) is 4.13. The Morgan fingerprint density at radius 1 is 1.21 bits per heavy atom. The van der Waals surface area contributed by atoms with Crippen molar-refractivity contribution in [2.75, 3.05) is 14.2 Å². The number of aryl methyl sites for hydroxylation is 2. The highest BCUT2D eigenvalue weighted by molar-refractivity contribution is 7.15. The second-order valence-electron chi connectivity index (χ2n) is 7.26. The highest BCUT2D eigenvalue weighted by atomic mass is 32.1. The minimum atomic E-state index is -0.0671. The number of aromatic nitrogens is 4. The molecule has 29 heavy (non-hydrogen) atoms. The fourth-order valence-electron chi connectivity index (χ4n) is 4.35. The average Bonchev–Trinajstić information content (AvgIpc) is 3.50. The van der Waals surface area contributed by atoms with Gasteiger partial charge in [0.05, 0.1) is 25.8 Å². The Kier molecular flexibility index (Phi) is 4.46. The Morgan fingerprint density at radius 3 is 2.79 bits per heavy atom. The lowest BCUT2D eigenvalue weighted by Gasteiger charge is -2.17. The number of methoxy groups -OCH3 is 2. The molecule has 9 heteroatoms. The van der Waals surface area contributed by atoms with Crippen LogP contribution in [0.25, 0.3) is 5.00 Å². The van der Waals surface area contributed by atoms with Gasteiger partial charge in [0, 0.05) is 4.88 Å². The highest BCUT2D eigenvalue weighted by Crippen LogP contribution is 2.41. The molecule has 0 bridgehead atoms. The van der Waals surface area contributed by atoms with Gasteiger partial charge in [-0.2, -0.15) is 4.68 Å². The van der Waals surface area contributed by atoms with Gasteiger partial charge >= 0.3 is 0 Å². The van der Waals surface area contributed by atoms with E-state index in [1.807, 2.05) is 12.1 Å². The number of benzene rings is 1. The molecule has 1 amide bonds. The maximum Gasteiger partial charge on any atom is 0.255 e. The SMILES string of the molecule is COc1cc2c(cc1OC)C(NC(=O)c1c(-n3cnnn3)sc3c1CCC3)CC2. The standard InChI is InChI=1S/C20H21N5O3S/c1-27-15-8-11-6-7-14(13(11)9-16(15)28-2)22-19(26)18-12-4-3-5-17(12)29-20(18)25-10-21-23-24-25/h8-10,14H,3-7H2,1-2H3,(H,22,26). The lowest BCUT2D eigenvalue weighted by molar-refractivity contribution is 0.0936. The predicted molar refractivity (Wildman–Crippen MR) is 107 cm³/mol. The third-order valence-electron chi connectivity index (χ3n) is 5.72. The molecule has 1 atom stereocenters. The molecule has 2 aliphatic carbocycles. The zero-order valence-corrected chi connectivity index (χ0v) is 17.1. The quantitative estimate of drug-likeness (QED) is 0.694. The van der Waals surface area contributed by atoms with E-state index in [1.165, 1.54) is 10.4 Å². The molecule has 150 valence electrons. The van der Waals surface area contributed by atoms with Gasteiger partial charge in [-0.25, -0.2) is 0 Å². The van der Waals surface area contributed by atoms with Gasteiger partial charge in [-0.05, 0) is 71.4 Å².